The summed E-state index contributed by atoms with van der Waals surface area (Å²) in [4.78, 5) is 39.7. The minimum Gasteiger partial charge on any atom is -0.465 e. The molecule has 0 bridgehead atoms. The first-order valence-corrected chi connectivity index (χ1v) is 10.2. The van der Waals surface area contributed by atoms with Crippen LogP contribution in [-0.4, -0.2) is 61.5 Å². The Hall–Kier alpha value is -3.17. The highest BCUT2D eigenvalue weighted by Crippen LogP contribution is 2.30. The minimum atomic E-state index is -0.582. The van der Waals surface area contributed by atoms with Crippen molar-refractivity contribution in [1.82, 2.24) is 4.90 Å². The third-order valence-corrected chi connectivity index (χ3v) is 5.55. The van der Waals surface area contributed by atoms with E-state index in [0.717, 1.165) is 44.5 Å². The van der Waals surface area contributed by atoms with Crippen molar-refractivity contribution >= 4 is 40.5 Å². The van der Waals surface area contributed by atoms with E-state index in [1.807, 2.05) is 0 Å². The number of halogens is 1. The fourth-order valence-electron chi connectivity index (χ4n) is 3.45. The highest BCUT2D eigenvalue weighted by molar-refractivity contribution is 6.34. The molecular formula is C21H23ClN4O5. The number of carbonyl (C=O) groups is 2. The molecule has 0 atom stereocenters. The Balaban J connectivity index is 1.91. The molecule has 1 fully saturated rings. The van der Waals surface area contributed by atoms with Gasteiger partial charge >= 0.3 is 5.97 Å². The van der Waals surface area contributed by atoms with Crippen molar-refractivity contribution in [1.29, 1.82) is 0 Å². The number of esters is 1. The smallest absolute Gasteiger partial charge is 0.337 e. The molecule has 0 aromatic heterocycles. The Bertz CT molecular complexity index is 1010. The summed E-state index contributed by atoms with van der Waals surface area (Å²) >= 11 is 6.10. The van der Waals surface area contributed by atoms with E-state index in [1.165, 1.54) is 19.2 Å². The number of amides is 1. The molecule has 3 rings (SSSR count). The van der Waals surface area contributed by atoms with Crippen LogP contribution in [0.3, 0.4) is 0 Å². The van der Waals surface area contributed by atoms with Gasteiger partial charge in [0.25, 0.3) is 11.6 Å². The number of hydrogen-bond acceptors (Lipinski definition) is 7. The van der Waals surface area contributed by atoms with Gasteiger partial charge in [0.2, 0.25) is 0 Å². The predicted octanol–water partition coefficient (Wildman–Crippen LogP) is 3.43. The number of anilines is 2. The predicted molar refractivity (Wildman–Crippen MR) is 118 cm³/mol. The van der Waals surface area contributed by atoms with E-state index in [1.54, 1.807) is 18.2 Å². The maximum absolute atomic E-state index is 12.9. The number of nitrogens with zero attached hydrogens (tertiary/aromatic N) is 3. The van der Waals surface area contributed by atoms with Gasteiger partial charge in [-0.3, -0.25) is 14.9 Å². The highest BCUT2D eigenvalue weighted by atomic mass is 35.5. The second kappa shape index (κ2) is 9.76. The lowest BCUT2D eigenvalue weighted by Gasteiger charge is -2.36. The van der Waals surface area contributed by atoms with Gasteiger partial charge in [0, 0.05) is 38.3 Å². The van der Waals surface area contributed by atoms with Crippen molar-refractivity contribution < 1.29 is 19.2 Å². The summed E-state index contributed by atoms with van der Waals surface area (Å²) < 4.78 is 4.79. The van der Waals surface area contributed by atoms with Crippen LogP contribution in [0.1, 0.15) is 27.6 Å². The van der Waals surface area contributed by atoms with Crippen LogP contribution < -0.4 is 10.2 Å². The number of piperazine rings is 1. The fourth-order valence-corrected chi connectivity index (χ4v) is 3.71. The molecule has 1 heterocycles. The number of likely N-dealkylation sites (N-methyl/N-ethyl adjacent to an activating group) is 1. The van der Waals surface area contributed by atoms with Crippen LogP contribution in [0.4, 0.5) is 17.1 Å². The first-order chi connectivity index (χ1) is 14.8. The van der Waals surface area contributed by atoms with E-state index in [-0.39, 0.29) is 16.3 Å². The van der Waals surface area contributed by atoms with Crippen molar-refractivity contribution in [2.75, 3.05) is 50.1 Å². The monoisotopic (exact) mass is 446 g/mol. The molecule has 0 aliphatic carbocycles. The zero-order valence-corrected chi connectivity index (χ0v) is 18.0. The first-order valence-electron chi connectivity index (χ1n) is 9.79. The molecule has 0 radical (unpaired) electrons. The van der Waals surface area contributed by atoms with E-state index < -0.39 is 16.8 Å². The second-order valence-electron chi connectivity index (χ2n) is 7.02. The molecule has 1 aliphatic rings. The number of rotatable bonds is 6. The number of nitro groups is 1. The normalized spacial score (nSPS) is 14.2. The first kappa shape index (κ1) is 22.5. The number of nitrogens with one attached hydrogen (secondary N) is 1. The molecule has 2 aromatic rings. The van der Waals surface area contributed by atoms with Gasteiger partial charge in [-0.15, -0.1) is 0 Å². The summed E-state index contributed by atoms with van der Waals surface area (Å²) in [5, 5.41) is 13.7. The molecule has 9 nitrogen and oxygen atoms in total. The molecule has 2 aromatic carbocycles. The SMILES string of the molecule is CCN1CCN(c2ccc(C(=O)OC)cc2NC(=O)c2ccc([N+](=O)[O-])cc2Cl)CC1. The lowest BCUT2D eigenvalue weighted by atomic mass is 10.1. The fraction of sp³-hybridized carbons (Fsp3) is 0.333. The van der Waals surface area contributed by atoms with Gasteiger partial charge in [-0.25, -0.2) is 4.79 Å². The summed E-state index contributed by atoms with van der Waals surface area (Å²) in [5.41, 5.74) is 1.40. The van der Waals surface area contributed by atoms with E-state index >= 15 is 0 Å². The second-order valence-corrected chi connectivity index (χ2v) is 7.43. The average Bonchev–Trinajstić information content (AvgIpc) is 2.78. The number of hydrogen-bond donors (Lipinski definition) is 1. The molecule has 1 amide bonds. The van der Waals surface area contributed by atoms with Gasteiger partial charge < -0.3 is 19.9 Å². The standard InChI is InChI=1S/C21H23ClN4O5/c1-3-24-8-10-25(11-9-24)19-7-4-14(21(28)31-2)12-18(19)23-20(27)16-6-5-15(26(29)30)13-17(16)22/h4-7,12-13H,3,8-11H2,1-2H3,(H,23,27). The van der Waals surface area contributed by atoms with Crippen LogP contribution in [0.5, 0.6) is 0 Å². The number of methoxy groups -OCH3 is 1. The third kappa shape index (κ3) is 5.12. The quantitative estimate of drug-likeness (QED) is 0.411. The summed E-state index contributed by atoms with van der Waals surface area (Å²) in [6.45, 7) is 6.39. The Kier molecular flexibility index (Phi) is 7.09. The van der Waals surface area contributed by atoms with Gasteiger partial charge in [0.15, 0.2) is 0 Å². The van der Waals surface area contributed by atoms with Crippen LogP contribution in [0.2, 0.25) is 5.02 Å². The third-order valence-electron chi connectivity index (χ3n) is 5.23. The number of carbonyl (C=O) groups excluding carboxylic acids is 2. The van der Waals surface area contributed by atoms with Gasteiger partial charge in [0.05, 0.1) is 39.6 Å². The van der Waals surface area contributed by atoms with Crippen molar-refractivity contribution in [3.63, 3.8) is 0 Å². The lowest BCUT2D eigenvalue weighted by molar-refractivity contribution is -0.384. The molecule has 0 spiro atoms. The molecule has 31 heavy (non-hydrogen) atoms. The molecule has 1 aliphatic heterocycles. The average molecular weight is 447 g/mol. The number of nitro benzene ring substituents is 1. The van der Waals surface area contributed by atoms with Gasteiger partial charge in [0.1, 0.15) is 0 Å². The lowest BCUT2D eigenvalue weighted by Crippen LogP contribution is -2.46. The minimum absolute atomic E-state index is 0.0334. The Morgan fingerprint density at radius 1 is 1.16 bits per heavy atom. The summed E-state index contributed by atoms with van der Waals surface area (Å²) in [7, 11) is 1.29. The Morgan fingerprint density at radius 3 is 2.45 bits per heavy atom. The van der Waals surface area contributed by atoms with Crippen LogP contribution in [0.25, 0.3) is 0 Å². The summed E-state index contributed by atoms with van der Waals surface area (Å²) in [6, 6.07) is 8.65. The van der Waals surface area contributed by atoms with Crippen LogP contribution in [0.15, 0.2) is 36.4 Å². The van der Waals surface area contributed by atoms with Crippen molar-refractivity contribution in [3.05, 3.63) is 62.7 Å². The molecule has 1 saturated heterocycles. The number of non-ortho nitro benzene ring substituents is 1. The summed E-state index contributed by atoms with van der Waals surface area (Å²) in [6.07, 6.45) is 0. The maximum Gasteiger partial charge on any atom is 0.337 e. The molecule has 1 N–H and O–H groups in total. The van der Waals surface area contributed by atoms with E-state index in [4.69, 9.17) is 16.3 Å². The van der Waals surface area contributed by atoms with E-state index in [2.05, 4.69) is 22.0 Å². The summed E-state index contributed by atoms with van der Waals surface area (Å²) in [5.74, 6) is -1.05. The van der Waals surface area contributed by atoms with Gasteiger partial charge in [-0.1, -0.05) is 18.5 Å². The molecule has 164 valence electrons. The van der Waals surface area contributed by atoms with Crippen molar-refractivity contribution in [2.45, 2.75) is 6.92 Å². The maximum atomic E-state index is 12.9. The van der Waals surface area contributed by atoms with Gasteiger partial charge in [-0.05, 0) is 30.8 Å². The molecule has 10 heteroatoms. The van der Waals surface area contributed by atoms with Crippen LogP contribution in [-0.2, 0) is 4.74 Å². The highest BCUT2D eigenvalue weighted by Gasteiger charge is 2.22. The zero-order chi connectivity index (χ0) is 22.5. The van der Waals surface area contributed by atoms with E-state index in [9.17, 15) is 19.7 Å². The van der Waals surface area contributed by atoms with Crippen LogP contribution in [0, 0.1) is 10.1 Å². The number of benzene rings is 2. The number of ether oxygens (including phenoxy) is 1. The van der Waals surface area contributed by atoms with Crippen LogP contribution >= 0.6 is 11.6 Å². The largest absolute Gasteiger partial charge is 0.465 e. The topological polar surface area (TPSA) is 105 Å². The van der Waals surface area contributed by atoms with Crippen molar-refractivity contribution in [2.24, 2.45) is 0 Å². The van der Waals surface area contributed by atoms with Gasteiger partial charge in [-0.2, -0.15) is 0 Å². The Labute approximate surface area is 184 Å². The van der Waals surface area contributed by atoms with E-state index in [0.29, 0.717) is 11.3 Å². The molecule has 0 saturated carbocycles. The Morgan fingerprint density at radius 2 is 1.87 bits per heavy atom. The molecule has 0 unspecified atom stereocenters. The molecular weight excluding hydrogens is 424 g/mol. The zero-order valence-electron chi connectivity index (χ0n) is 17.3. The van der Waals surface area contributed by atoms with Crippen molar-refractivity contribution in [3.8, 4) is 0 Å².